The molecule has 1 aromatic heterocycles. The predicted octanol–water partition coefficient (Wildman–Crippen LogP) is 12.9. The van der Waals surface area contributed by atoms with Crippen molar-refractivity contribution in [3.63, 3.8) is 0 Å². The number of anilines is 4. The number of hydrogen-bond acceptors (Lipinski definition) is 4. The average molecular weight is 649 g/mol. The molecular formula is C45H32N2OS. The van der Waals surface area contributed by atoms with Crippen molar-refractivity contribution in [2.24, 2.45) is 0 Å². The van der Waals surface area contributed by atoms with Crippen LogP contribution in [0.3, 0.4) is 0 Å². The Bertz CT molecular complexity index is 2620. The van der Waals surface area contributed by atoms with E-state index in [1.54, 1.807) is 0 Å². The molecule has 4 heteroatoms. The minimum atomic E-state index is -0.145. The van der Waals surface area contributed by atoms with Crippen LogP contribution in [-0.4, -0.2) is 6.23 Å². The van der Waals surface area contributed by atoms with E-state index in [-0.39, 0.29) is 6.23 Å². The highest BCUT2D eigenvalue weighted by Crippen LogP contribution is 2.48. The third kappa shape index (κ3) is 4.71. The van der Waals surface area contributed by atoms with Crippen LogP contribution >= 0.6 is 11.3 Å². The van der Waals surface area contributed by atoms with E-state index in [0.717, 1.165) is 41.0 Å². The van der Waals surface area contributed by atoms with Crippen molar-refractivity contribution in [3.8, 4) is 16.9 Å². The van der Waals surface area contributed by atoms with Crippen LogP contribution < -0.4 is 15.0 Å². The summed E-state index contributed by atoms with van der Waals surface area (Å²) in [6, 6.07) is 50.7. The molecule has 1 aliphatic carbocycles. The minimum Gasteiger partial charge on any atom is -0.464 e. The van der Waals surface area contributed by atoms with Gasteiger partial charge in [-0.05, 0) is 94.2 Å². The molecule has 10 rings (SSSR count). The second kappa shape index (κ2) is 11.4. The van der Waals surface area contributed by atoms with Crippen molar-refractivity contribution in [2.75, 3.05) is 10.2 Å². The molecule has 1 N–H and O–H groups in total. The Morgan fingerprint density at radius 2 is 1.39 bits per heavy atom. The van der Waals surface area contributed by atoms with Gasteiger partial charge in [0.2, 0.25) is 0 Å². The van der Waals surface area contributed by atoms with Crippen LogP contribution in [0, 0.1) is 0 Å². The standard InChI is InChI=1S/C45H32N2OS/c1-3-10-29(11-4-1)30-20-24-34(25-21-30)47(39-15-9-17-41-43(39)36-14-7-8-16-40(36)49-41)35-26-22-31-18-19-32-23-27-38-44(42(32)37(31)28-35)48-45(46-38)33-12-5-2-6-13-33/h1-5,7-12,14-28,45-46H,6,13H2. The maximum atomic E-state index is 6.76. The summed E-state index contributed by atoms with van der Waals surface area (Å²) >= 11 is 1.85. The van der Waals surface area contributed by atoms with Gasteiger partial charge in [-0.2, -0.15) is 0 Å². The molecule has 1 aliphatic heterocycles. The van der Waals surface area contributed by atoms with E-state index in [4.69, 9.17) is 4.74 Å². The van der Waals surface area contributed by atoms with Crippen molar-refractivity contribution < 1.29 is 4.74 Å². The van der Waals surface area contributed by atoms with Crippen LogP contribution in [0.2, 0.25) is 0 Å². The molecule has 7 aromatic carbocycles. The third-order valence-electron chi connectivity index (χ3n) is 9.96. The number of allylic oxidation sites excluding steroid dienone is 3. The summed E-state index contributed by atoms with van der Waals surface area (Å²) in [7, 11) is 0. The van der Waals surface area contributed by atoms with Crippen LogP contribution in [-0.2, 0) is 0 Å². The molecule has 8 aromatic rings. The number of nitrogens with one attached hydrogen (secondary N) is 1. The van der Waals surface area contributed by atoms with Crippen molar-refractivity contribution in [1.82, 2.24) is 0 Å². The summed E-state index contributed by atoms with van der Waals surface area (Å²) in [5.74, 6) is 0.936. The SMILES string of the molecule is C1=CCCC(C2Nc3ccc4ccc5ccc(N(c6ccc(-c7ccccc7)cc6)c6cccc7sc8ccccc8c67)cc5c4c3O2)=C1. The Kier molecular flexibility index (Phi) is 6.56. The van der Waals surface area contributed by atoms with Crippen LogP contribution in [0.25, 0.3) is 52.8 Å². The molecule has 49 heavy (non-hydrogen) atoms. The smallest absolute Gasteiger partial charge is 0.192 e. The molecule has 0 radical (unpaired) electrons. The minimum absolute atomic E-state index is 0.145. The summed E-state index contributed by atoms with van der Waals surface area (Å²) < 4.78 is 9.34. The molecule has 1 atom stereocenters. The maximum absolute atomic E-state index is 6.76. The number of rotatable bonds is 5. The number of hydrogen-bond donors (Lipinski definition) is 1. The lowest BCUT2D eigenvalue weighted by Crippen LogP contribution is -2.23. The Hall–Kier alpha value is -5.84. The van der Waals surface area contributed by atoms with E-state index in [9.17, 15) is 0 Å². The molecule has 0 spiro atoms. The lowest BCUT2D eigenvalue weighted by molar-refractivity contribution is 0.287. The highest BCUT2D eigenvalue weighted by molar-refractivity contribution is 7.26. The third-order valence-corrected chi connectivity index (χ3v) is 11.1. The Morgan fingerprint density at radius 3 is 2.27 bits per heavy atom. The first-order valence-electron chi connectivity index (χ1n) is 16.9. The van der Waals surface area contributed by atoms with Gasteiger partial charge in [-0.15, -0.1) is 11.3 Å². The molecule has 1 unspecified atom stereocenters. The summed E-state index contributed by atoms with van der Waals surface area (Å²) in [5, 5.41) is 10.9. The molecule has 0 saturated heterocycles. The first-order valence-corrected chi connectivity index (χ1v) is 17.7. The molecule has 2 aliphatic rings. The van der Waals surface area contributed by atoms with Crippen molar-refractivity contribution in [1.29, 1.82) is 0 Å². The molecule has 0 saturated carbocycles. The fourth-order valence-corrected chi connectivity index (χ4v) is 8.70. The second-order valence-electron chi connectivity index (χ2n) is 12.9. The van der Waals surface area contributed by atoms with Gasteiger partial charge in [-0.3, -0.25) is 0 Å². The molecule has 234 valence electrons. The maximum Gasteiger partial charge on any atom is 0.192 e. The Balaban J connectivity index is 1.18. The normalized spacial score (nSPS) is 15.3. The monoisotopic (exact) mass is 648 g/mol. The molecule has 2 heterocycles. The second-order valence-corrected chi connectivity index (χ2v) is 13.9. The number of thiophene rings is 1. The van der Waals surface area contributed by atoms with Gasteiger partial charge < -0.3 is 15.0 Å². The van der Waals surface area contributed by atoms with Gasteiger partial charge in [0.25, 0.3) is 0 Å². The molecule has 0 amide bonds. The highest BCUT2D eigenvalue weighted by Gasteiger charge is 2.28. The lowest BCUT2D eigenvalue weighted by Gasteiger charge is -2.27. The predicted molar refractivity (Wildman–Crippen MR) is 209 cm³/mol. The molecule has 3 nitrogen and oxygen atoms in total. The number of nitrogens with zero attached hydrogens (tertiary/aromatic N) is 1. The lowest BCUT2D eigenvalue weighted by atomic mass is 9.99. The zero-order valence-corrected chi connectivity index (χ0v) is 27.6. The van der Waals surface area contributed by atoms with Crippen molar-refractivity contribution in [2.45, 2.75) is 19.1 Å². The highest BCUT2D eigenvalue weighted by atomic mass is 32.1. The fraction of sp³-hybridized carbons (Fsp3) is 0.0667. The van der Waals surface area contributed by atoms with Gasteiger partial charge in [-0.25, -0.2) is 0 Å². The van der Waals surface area contributed by atoms with E-state index in [2.05, 4.69) is 168 Å². The largest absolute Gasteiger partial charge is 0.464 e. The van der Waals surface area contributed by atoms with Crippen LogP contribution in [0.5, 0.6) is 5.75 Å². The van der Waals surface area contributed by atoms with Gasteiger partial charge in [0.05, 0.1) is 11.4 Å². The van der Waals surface area contributed by atoms with E-state index >= 15 is 0 Å². The van der Waals surface area contributed by atoms with Gasteiger partial charge in [0, 0.05) is 36.9 Å². The van der Waals surface area contributed by atoms with E-state index in [1.807, 2.05) is 11.3 Å². The van der Waals surface area contributed by atoms with Crippen LogP contribution in [0.1, 0.15) is 12.8 Å². The van der Waals surface area contributed by atoms with E-state index in [0.29, 0.717) is 0 Å². The number of fused-ring (bicyclic) bond motifs is 8. The van der Waals surface area contributed by atoms with Gasteiger partial charge >= 0.3 is 0 Å². The first-order chi connectivity index (χ1) is 24.3. The van der Waals surface area contributed by atoms with E-state index in [1.165, 1.54) is 58.7 Å². The van der Waals surface area contributed by atoms with Gasteiger partial charge in [0.15, 0.2) is 12.0 Å². The fourth-order valence-electron chi connectivity index (χ4n) is 7.58. The van der Waals surface area contributed by atoms with E-state index < -0.39 is 0 Å². The quantitative estimate of drug-likeness (QED) is 0.188. The zero-order valence-electron chi connectivity index (χ0n) is 26.8. The Morgan fingerprint density at radius 1 is 0.633 bits per heavy atom. The number of ether oxygens (including phenoxy) is 1. The Labute approximate surface area is 289 Å². The molecular weight excluding hydrogens is 617 g/mol. The molecule has 0 fully saturated rings. The summed E-state index contributed by atoms with van der Waals surface area (Å²) in [6.45, 7) is 0. The van der Waals surface area contributed by atoms with Gasteiger partial charge in [-0.1, -0.05) is 109 Å². The molecule has 0 bridgehead atoms. The summed E-state index contributed by atoms with van der Waals surface area (Å²) in [6.07, 6.45) is 8.47. The zero-order chi connectivity index (χ0) is 32.3. The van der Waals surface area contributed by atoms with Crippen LogP contribution in [0.4, 0.5) is 22.7 Å². The summed E-state index contributed by atoms with van der Waals surface area (Å²) in [4.78, 5) is 2.43. The number of benzene rings is 7. The van der Waals surface area contributed by atoms with Crippen LogP contribution in [0.15, 0.2) is 163 Å². The van der Waals surface area contributed by atoms with Gasteiger partial charge in [0.1, 0.15) is 0 Å². The first kappa shape index (κ1) is 28.2. The average Bonchev–Trinajstić information content (AvgIpc) is 3.78. The van der Waals surface area contributed by atoms with Crippen molar-refractivity contribution >= 4 is 75.8 Å². The summed E-state index contributed by atoms with van der Waals surface area (Å²) in [5.41, 5.74) is 8.14. The van der Waals surface area contributed by atoms with Crippen molar-refractivity contribution in [3.05, 3.63) is 163 Å². The topological polar surface area (TPSA) is 24.5 Å².